The van der Waals surface area contributed by atoms with Crippen molar-refractivity contribution in [3.63, 3.8) is 0 Å². The third-order valence-electron chi connectivity index (χ3n) is 3.72. The molecule has 0 aromatic heterocycles. The zero-order chi connectivity index (χ0) is 12.8. The number of hydrogen-bond donors (Lipinski definition) is 0. The van der Waals surface area contributed by atoms with Gasteiger partial charge in [-0.05, 0) is 25.7 Å². The summed E-state index contributed by atoms with van der Waals surface area (Å²) in [5.74, 6) is 0.521. The molecule has 3 rings (SSSR count). The van der Waals surface area contributed by atoms with Crippen molar-refractivity contribution in [1.82, 2.24) is 5.01 Å². The minimum Gasteiger partial charge on any atom is -0.376 e. The number of hydrazone groups is 1. The summed E-state index contributed by atoms with van der Waals surface area (Å²) in [7, 11) is 0. The van der Waals surface area contributed by atoms with Crippen molar-refractivity contribution in [3.05, 3.63) is 0 Å². The van der Waals surface area contributed by atoms with E-state index < -0.39 is 11.6 Å². The van der Waals surface area contributed by atoms with Crippen molar-refractivity contribution in [2.24, 2.45) is 10.5 Å². The maximum Gasteiger partial charge on any atom is 0.400 e. The smallest absolute Gasteiger partial charge is 0.376 e. The molecule has 3 nitrogen and oxygen atoms in total. The zero-order valence-corrected chi connectivity index (χ0v) is 10.7. The molecule has 7 heteroatoms. The molecule has 1 aliphatic carbocycles. The highest BCUT2D eigenvalue weighted by Crippen LogP contribution is 2.61. The normalized spacial score (nSPS) is 30.7. The summed E-state index contributed by atoms with van der Waals surface area (Å²) in [6.45, 7) is 1.37. The second-order valence-electron chi connectivity index (χ2n) is 5.08. The molecule has 0 N–H and O–H groups in total. The topological polar surface area (TPSA) is 24.8 Å². The Morgan fingerprint density at radius 2 is 2.22 bits per heavy atom. The molecule has 0 aromatic rings. The molecule has 18 heavy (non-hydrogen) atoms. The Bertz CT molecular complexity index is 362. The van der Waals surface area contributed by atoms with Gasteiger partial charge in [-0.25, -0.2) is 0 Å². The van der Waals surface area contributed by atoms with E-state index in [1.807, 2.05) is 0 Å². The Morgan fingerprint density at radius 3 is 2.78 bits per heavy atom. The van der Waals surface area contributed by atoms with E-state index in [2.05, 4.69) is 5.10 Å². The second kappa shape index (κ2) is 4.30. The first-order valence-corrected chi connectivity index (χ1v) is 7.15. The monoisotopic (exact) mass is 280 g/mol. The molecule has 2 fully saturated rings. The fourth-order valence-electron chi connectivity index (χ4n) is 2.42. The summed E-state index contributed by atoms with van der Waals surface area (Å²) >= 11 is 1.23. The minimum atomic E-state index is -4.15. The standard InChI is InChI=1S/C11H15F3N2OS/c12-11(13,14)10(3-4-10)9-15-16(7-18-9)6-8-2-1-5-17-8/h8H,1-7H2/t8-/m1/s1. The van der Waals surface area contributed by atoms with Crippen LogP contribution in [0.5, 0.6) is 0 Å². The molecule has 102 valence electrons. The van der Waals surface area contributed by atoms with Crippen LogP contribution in [0.1, 0.15) is 25.7 Å². The molecule has 0 aromatic carbocycles. The molecule has 0 amide bonds. The quantitative estimate of drug-likeness (QED) is 0.794. The van der Waals surface area contributed by atoms with E-state index in [4.69, 9.17) is 4.74 Å². The molecule has 0 unspecified atom stereocenters. The average molecular weight is 280 g/mol. The average Bonchev–Trinajstić information content (AvgIpc) is 2.75. The summed E-state index contributed by atoms with van der Waals surface area (Å²) in [6, 6.07) is 0. The first kappa shape index (κ1) is 12.6. The van der Waals surface area contributed by atoms with E-state index >= 15 is 0 Å². The van der Waals surface area contributed by atoms with E-state index in [0.717, 1.165) is 19.4 Å². The van der Waals surface area contributed by atoms with Gasteiger partial charge in [0.25, 0.3) is 0 Å². The molecule has 3 aliphatic rings. The van der Waals surface area contributed by atoms with E-state index in [1.54, 1.807) is 5.01 Å². The summed E-state index contributed by atoms with van der Waals surface area (Å²) in [4.78, 5) is 0. The summed E-state index contributed by atoms with van der Waals surface area (Å²) < 4.78 is 44.3. The van der Waals surface area contributed by atoms with Gasteiger partial charge in [0, 0.05) is 6.61 Å². The fraction of sp³-hybridized carbons (Fsp3) is 0.909. The third-order valence-corrected chi connectivity index (χ3v) is 4.90. The van der Waals surface area contributed by atoms with Crippen LogP contribution in [0.15, 0.2) is 5.10 Å². The van der Waals surface area contributed by atoms with Crippen LogP contribution in [0.2, 0.25) is 0 Å². The Labute approximate surface area is 108 Å². The molecule has 1 atom stereocenters. The molecular formula is C11H15F3N2OS. The maximum atomic E-state index is 12.9. The van der Waals surface area contributed by atoms with Crippen LogP contribution < -0.4 is 0 Å². The summed E-state index contributed by atoms with van der Waals surface area (Å²) in [5.41, 5.74) is -1.62. The first-order chi connectivity index (χ1) is 8.51. The molecule has 0 spiro atoms. The van der Waals surface area contributed by atoms with Gasteiger partial charge in [-0.3, -0.25) is 5.01 Å². The predicted octanol–water partition coefficient (Wildman–Crippen LogP) is 2.83. The number of ether oxygens (including phenoxy) is 1. The van der Waals surface area contributed by atoms with Crippen molar-refractivity contribution < 1.29 is 17.9 Å². The van der Waals surface area contributed by atoms with Crippen LogP contribution in [0.4, 0.5) is 13.2 Å². The van der Waals surface area contributed by atoms with Gasteiger partial charge >= 0.3 is 6.18 Å². The molecule has 2 heterocycles. The van der Waals surface area contributed by atoms with Gasteiger partial charge in [0.2, 0.25) is 0 Å². The SMILES string of the molecule is FC(F)(F)C1(C2=NN(C[C@H]3CCCO3)CS2)CC1. The first-order valence-electron chi connectivity index (χ1n) is 6.16. The lowest BCUT2D eigenvalue weighted by molar-refractivity contribution is -0.164. The van der Waals surface area contributed by atoms with Crippen LogP contribution in [0.25, 0.3) is 0 Å². The fourth-order valence-corrected chi connectivity index (χ4v) is 3.62. The molecular weight excluding hydrogens is 265 g/mol. The molecule has 1 saturated carbocycles. The molecule has 1 saturated heterocycles. The molecule has 2 aliphatic heterocycles. The molecule has 0 bridgehead atoms. The minimum absolute atomic E-state index is 0.134. The number of halogens is 3. The third kappa shape index (κ3) is 2.11. The zero-order valence-electron chi connectivity index (χ0n) is 9.87. The lowest BCUT2D eigenvalue weighted by Gasteiger charge is -2.18. The van der Waals surface area contributed by atoms with Crippen molar-refractivity contribution in [1.29, 1.82) is 0 Å². The van der Waals surface area contributed by atoms with Crippen LogP contribution in [-0.2, 0) is 4.74 Å². The van der Waals surface area contributed by atoms with Crippen LogP contribution in [0, 0.1) is 5.41 Å². The Hall–Kier alpha value is -0.430. The Kier molecular flexibility index (Phi) is 3.01. The van der Waals surface area contributed by atoms with Crippen LogP contribution >= 0.6 is 11.8 Å². The summed E-state index contributed by atoms with van der Waals surface area (Å²) in [6.07, 6.45) is -1.62. The number of rotatable bonds is 3. The van der Waals surface area contributed by atoms with Crippen molar-refractivity contribution in [3.8, 4) is 0 Å². The number of hydrogen-bond acceptors (Lipinski definition) is 4. The molecule has 0 radical (unpaired) electrons. The highest BCUT2D eigenvalue weighted by molar-refractivity contribution is 8.14. The van der Waals surface area contributed by atoms with Gasteiger partial charge < -0.3 is 4.74 Å². The Balaban J connectivity index is 1.65. The van der Waals surface area contributed by atoms with Crippen LogP contribution in [0.3, 0.4) is 0 Å². The van der Waals surface area contributed by atoms with E-state index in [1.165, 1.54) is 11.8 Å². The van der Waals surface area contributed by atoms with E-state index in [-0.39, 0.29) is 24.0 Å². The maximum absolute atomic E-state index is 12.9. The number of nitrogens with zero attached hydrogens (tertiary/aromatic N) is 2. The van der Waals surface area contributed by atoms with Gasteiger partial charge in [0.1, 0.15) is 10.5 Å². The van der Waals surface area contributed by atoms with Gasteiger partial charge in [-0.1, -0.05) is 11.8 Å². The number of alkyl halides is 3. The second-order valence-corrected chi connectivity index (χ2v) is 6.02. The van der Waals surface area contributed by atoms with Gasteiger partial charge in [0.15, 0.2) is 0 Å². The van der Waals surface area contributed by atoms with Crippen molar-refractivity contribution in [2.75, 3.05) is 19.0 Å². The number of thioether (sulfide) groups is 1. The van der Waals surface area contributed by atoms with Gasteiger partial charge in [0.05, 0.1) is 18.5 Å². The van der Waals surface area contributed by atoms with E-state index in [0.29, 0.717) is 12.4 Å². The van der Waals surface area contributed by atoms with Gasteiger partial charge in [-0.15, -0.1) is 0 Å². The lowest BCUT2D eigenvalue weighted by atomic mass is 10.1. The highest BCUT2D eigenvalue weighted by atomic mass is 32.2. The largest absolute Gasteiger partial charge is 0.400 e. The van der Waals surface area contributed by atoms with Gasteiger partial charge in [-0.2, -0.15) is 18.3 Å². The van der Waals surface area contributed by atoms with E-state index in [9.17, 15) is 13.2 Å². The lowest BCUT2D eigenvalue weighted by Crippen LogP contribution is -2.30. The van der Waals surface area contributed by atoms with Crippen molar-refractivity contribution in [2.45, 2.75) is 38.0 Å². The van der Waals surface area contributed by atoms with Crippen LogP contribution in [-0.4, -0.2) is 41.4 Å². The van der Waals surface area contributed by atoms with Crippen molar-refractivity contribution >= 4 is 16.8 Å². The highest BCUT2D eigenvalue weighted by Gasteiger charge is 2.67. The summed E-state index contributed by atoms with van der Waals surface area (Å²) in [5, 5.41) is 6.15. The predicted molar refractivity (Wildman–Crippen MR) is 63.3 cm³/mol. The Morgan fingerprint density at radius 1 is 1.44 bits per heavy atom.